The summed E-state index contributed by atoms with van der Waals surface area (Å²) in [6, 6.07) is 6.92. The van der Waals surface area contributed by atoms with Crippen molar-refractivity contribution in [1.29, 1.82) is 0 Å². The van der Waals surface area contributed by atoms with Crippen LogP contribution in [0.2, 0.25) is 0 Å². The third-order valence-corrected chi connectivity index (χ3v) is 5.36. The van der Waals surface area contributed by atoms with Gasteiger partial charge >= 0.3 is 5.97 Å². The van der Waals surface area contributed by atoms with E-state index < -0.39 is 21.2 Å². The molecule has 110 valence electrons. The van der Waals surface area contributed by atoms with Crippen molar-refractivity contribution in [3.8, 4) is 5.75 Å². The largest absolute Gasteiger partial charge is 0.497 e. The monoisotopic (exact) mass is 298 g/mol. The molecule has 1 aliphatic rings. The number of aliphatic carboxylic acids is 1. The number of carbonyl (C=O) groups is 1. The van der Waals surface area contributed by atoms with Crippen LogP contribution < -0.4 is 4.74 Å². The lowest BCUT2D eigenvalue weighted by Gasteiger charge is -2.13. The van der Waals surface area contributed by atoms with Gasteiger partial charge in [0.15, 0.2) is 9.84 Å². The van der Waals surface area contributed by atoms with Crippen LogP contribution in [0.25, 0.3) is 0 Å². The summed E-state index contributed by atoms with van der Waals surface area (Å²) in [6.07, 6.45) is 1.29. The minimum absolute atomic E-state index is 0.0521. The minimum Gasteiger partial charge on any atom is -0.497 e. The maximum Gasteiger partial charge on any atom is 0.303 e. The molecule has 1 N–H and O–H groups in total. The highest BCUT2D eigenvalue weighted by atomic mass is 32.2. The highest BCUT2D eigenvalue weighted by Crippen LogP contribution is 2.50. The molecule has 0 bridgehead atoms. The van der Waals surface area contributed by atoms with E-state index in [1.54, 1.807) is 24.3 Å². The molecule has 0 aliphatic heterocycles. The zero-order chi connectivity index (χ0) is 14.8. The fourth-order valence-electron chi connectivity index (χ4n) is 2.40. The van der Waals surface area contributed by atoms with Gasteiger partial charge in [-0.1, -0.05) is 12.1 Å². The lowest BCUT2D eigenvalue weighted by Crippen LogP contribution is -2.21. The Morgan fingerprint density at radius 1 is 1.40 bits per heavy atom. The Morgan fingerprint density at radius 2 is 2.10 bits per heavy atom. The Kier molecular flexibility index (Phi) is 4.04. The van der Waals surface area contributed by atoms with E-state index in [4.69, 9.17) is 9.84 Å². The summed E-state index contributed by atoms with van der Waals surface area (Å²) in [6.45, 7) is 0. The molecule has 0 spiro atoms. The van der Waals surface area contributed by atoms with E-state index in [1.165, 1.54) is 7.11 Å². The van der Waals surface area contributed by atoms with Crippen LogP contribution in [0.3, 0.4) is 0 Å². The van der Waals surface area contributed by atoms with Crippen molar-refractivity contribution in [3.05, 3.63) is 29.8 Å². The first kappa shape index (κ1) is 14.8. The van der Waals surface area contributed by atoms with Crippen molar-refractivity contribution in [2.24, 2.45) is 5.41 Å². The number of carboxylic acids is 1. The number of sulfone groups is 1. The van der Waals surface area contributed by atoms with Gasteiger partial charge in [-0.05, 0) is 36.0 Å². The number of methoxy groups -OCH3 is 1. The van der Waals surface area contributed by atoms with Crippen LogP contribution in [-0.4, -0.2) is 32.4 Å². The smallest absolute Gasteiger partial charge is 0.303 e. The molecule has 0 unspecified atom stereocenters. The number of rotatable bonds is 7. The zero-order valence-electron chi connectivity index (χ0n) is 11.3. The van der Waals surface area contributed by atoms with E-state index in [0.717, 1.165) is 0 Å². The number of ether oxygens (including phenoxy) is 1. The molecular weight excluding hydrogens is 280 g/mol. The second-order valence-corrected chi connectivity index (χ2v) is 7.52. The second-order valence-electron chi connectivity index (χ2n) is 5.45. The molecule has 1 aromatic carbocycles. The molecule has 1 saturated carbocycles. The van der Waals surface area contributed by atoms with Gasteiger partial charge in [0.25, 0.3) is 0 Å². The average molecular weight is 298 g/mol. The molecule has 20 heavy (non-hydrogen) atoms. The number of hydrogen-bond donors (Lipinski definition) is 1. The molecule has 1 aromatic rings. The van der Waals surface area contributed by atoms with Crippen molar-refractivity contribution in [1.82, 2.24) is 0 Å². The number of carboxylic acid groups (broad SMARTS) is 1. The van der Waals surface area contributed by atoms with Gasteiger partial charge in [-0.25, -0.2) is 8.42 Å². The third-order valence-electron chi connectivity index (χ3n) is 3.53. The van der Waals surface area contributed by atoms with Crippen LogP contribution in [0.15, 0.2) is 24.3 Å². The Bertz CT molecular complexity index is 602. The maximum atomic E-state index is 12.2. The molecule has 0 saturated heterocycles. The molecule has 0 amide bonds. The van der Waals surface area contributed by atoms with Crippen molar-refractivity contribution in [3.63, 3.8) is 0 Å². The van der Waals surface area contributed by atoms with Gasteiger partial charge in [-0.15, -0.1) is 0 Å². The summed E-state index contributed by atoms with van der Waals surface area (Å²) in [7, 11) is -1.79. The fourth-order valence-corrected chi connectivity index (χ4v) is 4.52. The quantitative estimate of drug-likeness (QED) is 0.831. The number of benzene rings is 1. The van der Waals surface area contributed by atoms with Gasteiger partial charge in [0.05, 0.1) is 25.0 Å². The highest BCUT2D eigenvalue weighted by molar-refractivity contribution is 7.90. The molecule has 0 heterocycles. The molecular formula is C14H18O5S. The molecule has 1 aliphatic carbocycles. The fraction of sp³-hybridized carbons (Fsp3) is 0.500. The summed E-state index contributed by atoms with van der Waals surface area (Å²) in [4.78, 5) is 10.8. The molecule has 1 fully saturated rings. The van der Waals surface area contributed by atoms with Gasteiger partial charge in [0.1, 0.15) is 5.75 Å². The van der Waals surface area contributed by atoms with Gasteiger partial charge in [0, 0.05) is 0 Å². The normalized spacial score (nSPS) is 16.6. The summed E-state index contributed by atoms with van der Waals surface area (Å²) in [5.41, 5.74) is 0.124. The van der Waals surface area contributed by atoms with Gasteiger partial charge in [0.2, 0.25) is 0 Å². The SMILES string of the molecule is COc1cccc(CS(=O)(=O)CC2(CC(=O)O)CC2)c1. The first-order chi connectivity index (χ1) is 9.34. The van der Waals surface area contributed by atoms with Gasteiger partial charge in [-0.3, -0.25) is 4.79 Å². The van der Waals surface area contributed by atoms with E-state index >= 15 is 0 Å². The first-order valence-electron chi connectivity index (χ1n) is 6.39. The van der Waals surface area contributed by atoms with E-state index in [0.29, 0.717) is 24.2 Å². The molecule has 2 rings (SSSR count). The van der Waals surface area contributed by atoms with E-state index in [1.807, 2.05) is 0 Å². The first-order valence-corrected chi connectivity index (χ1v) is 8.21. The minimum atomic E-state index is -3.32. The van der Waals surface area contributed by atoms with Crippen molar-refractivity contribution < 1.29 is 23.1 Å². The molecule has 0 atom stereocenters. The third kappa shape index (κ3) is 3.96. The van der Waals surface area contributed by atoms with Gasteiger partial charge in [-0.2, -0.15) is 0 Å². The molecule has 5 nitrogen and oxygen atoms in total. The van der Waals surface area contributed by atoms with Crippen molar-refractivity contribution in [2.75, 3.05) is 12.9 Å². The van der Waals surface area contributed by atoms with E-state index in [2.05, 4.69) is 0 Å². The Hall–Kier alpha value is -1.56. The summed E-state index contributed by atoms with van der Waals surface area (Å²) in [5, 5.41) is 8.83. The lowest BCUT2D eigenvalue weighted by atomic mass is 10.1. The van der Waals surface area contributed by atoms with Gasteiger partial charge < -0.3 is 9.84 Å². The van der Waals surface area contributed by atoms with Crippen LogP contribution in [0, 0.1) is 5.41 Å². The predicted octanol–water partition coefficient (Wildman–Crippen LogP) is 1.86. The van der Waals surface area contributed by atoms with E-state index in [-0.39, 0.29) is 17.9 Å². The number of hydrogen-bond acceptors (Lipinski definition) is 4. The maximum absolute atomic E-state index is 12.2. The van der Waals surface area contributed by atoms with Crippen LogP contribution >= 0.6 is 0 Å². The van der Waals surface area contributed by atoms with Crippen molar-refractivity contribution >= 4 is 15.8 Å². The standard InChI is InChI=1S/C14H18O5S/c1-19-12-4-2-3-11(7-12)9-20(17,18)10-14(5-6-14)8-13(15)16/h2-4,7H,5-6,8-10H2,1H3,(H,15,16). The Balaban J connectivity index is 2.06. The Morgan fingerprint density at radius 3 is 2.65 bits per heavy atom. The second kappa shape index (κ2) is 5.44. The molecule has 6 heteroatoms. The van der Waals surface area contributed by atoms with E-state index in [9.17, 15) is 13.2 Å². The molecule has 0 aromatic heterocycles. The Labute approximate surface area is 118 Å². The van der Waals surface area contributed by atoms with Crippen molar-refractivity contribution in [2.45, 2.75) is 25.0 Å². The van der Waals surface area contributed by atoms with Crippen LogP contribution in [0.5, 0.6) is 5.75 Å². The summed E-state index contributed by atoms with van der Waals surface area (Å²) < 4.78 is 29.5. The summed E-state index contributed by atoms with van der Waals surface area (Å²) in [5.74, 6) is -0.446. The van der Waals surface area contributed by atoms with Crippen LogP contribution in [-0.2, 0) is 20.4 Å². The summed E-state index contributed by atoms with van der Waals surface area (Å²) >= 11 is 0. The molecule has 0 radical (unpaired) electrons. The predicted molar refractivity (Wildman–Crippen MR) is 74.4 cm³/mol. The highest BCUT2D eigenvalue weighted by Gasteiger charge is 2.47. The average Bonchev–Trinajstić information content (AvgIpc) is 3.05. The topological polar surface area (TPSA) is 80.7 Å². The lowest BCUT2D eigenvalue weighted by molar-refractivity contribution is -0.138. The zero-order valence-corrected chi connectivity index (χ0v) is 12.1. The van der Waals surface area contributed by atoms with Crippen LogP contribution in [0.4, 0.5) is 0 Å². The van der Waals surface area contributed by atoms with Crippen LogP contribution in [0.1, 0.15) is 24.8 Å².